The Morgan fingerprint density at radius 3 is 3.13 bits per heavy atom. The molecular weight excluding hydrogens is 196 g/mol. The van der Waals surface area contributed by atoms with Crippen LogP contribution in [-0.2, 0) is 9.53 Å². The van der Waals surface area contributed by atoms with E-state index in [0.717, 1.165) is 0 Å². The number of hydrogen-bond acceptors (Lipinski definition) is 4. The molecule has 15 heavy (non-hydrogen) atoms. The highest BCUT2D eigenvalue weighted by molar-refractivity contribution is 5.72. The lowest BCUT2D eigenvalue weighted by atomic mass is 10.3. The van der Waals surface area contributed by atoms with Crippen molar-refractivity contribution in [1.82, 2.24) is 9.97 Å². The maximum absolute atomic E-state index is 11.2. The zero-order valence-corrected chi connectivity index (χ0v) is 8.40. The number of aromatic nitrogens is 2. The lowest BCUT2D eigenvalue weighted by Crippen LogP contribution is -2.08. The van der Waals surface area contributed by atoms with Crippen LogP contribution in [0.5, 0.6) is 0 Å². The first-order chi connectivity index (χ1) is 7.24. The van der Waals surface area contributed by atoms with Crippen molar-refractivity contribution in [3.63, 3.8) is 0 Å². The van der Waals surface area contributed by atoms with Gasteiger partial charge in [-0.1, -0.05) is 12.2 Å². The highest BCUT2D eigenvalue weighted by atomic mass is 16.5. The van der Waals surface area contributed by atoms with Gasteiger partial charge in [0.05, 0.1) is 24.9 Å². The fourth-order valence-corrected chi connectivity index (χ4v) is 0.976. The Hall–Kier alpha value is -1.91. The molecule has 0 unspecified atom stereocenters. The maximum atomic E-state index is 11.2. The molecule has 0 radical (unpaired) electrons. The first-order valence-corrected chi connectivity index (χ1v) is 4.59. The summed E-state index contributed by atoms with van der Waals surface area (Å²) in [6.45, 7) is 2.10. The van der Waals surface area contributed by atoms with Crippen LogP contribution in [-0.4, -0.2) is 22.5 Å². The van der Waals surface area contributed by atoms with Crippen molar-refractivity contribution >= 4 is 12.0 Å². The van der Waals surface area contributed by atoms with E-state index in [1.54, 1.807) is 19.1 Å². The summed E-state index contributed by atoms with van der Waals surface area (Å²) in [5, 5.41) is 0. The van der Waals surface area contributed by atoms with Gasteiger partial charge < -0.3 is 9.72 Å². The third-order valence-electron chi connectivity index (χ3n) is 1.63. The normalized spacial score (nSPS) is 10.5. The number of rotatable bonds is 4. The first-order valence-electron chi connectivity index (χ1n) is 4.59. The largest absolute Gasteiger partial charge is 0.466 e. The zero-order chi connectivity index (χ0) is 11.1. The van der Waals surface area contributed by atoms with Gasteiger partial charge in [0, 0.05) is 6.20 Å². The smallest absolute Gasteiger partial charge is 0.309 e. The molecule has 1 N–H and O–H groups in total. The molecule has 0 aliphatic heterocycles. The third-order valence-corrected chi connectivity index (χ3v) is 1.63. The van der Waals surface area contributed by atoms with Crippen LogP contribution in [0.1, 0.15) is 18.9 Å². The van der Waals surface area contributed by atoms with Gasteiger partial charge in [0.15, 0.2) is 0 Å². The highest BCUT2D eigenvalue weighted by Gasteiger charge is 1.97. The van der Waals surface area contributed by atoms with E-state index in [1.165, 1.54) is 12.5 Å². The van der Waals surface area contributed by atoms with Gasteiger partial charge in [-0.25, -0.2) is 4.98 Å². The van der Waals surface area contributed by atoms with Crippen LogP contribution in [0.3, 0.4) is 0 Å². The number of aromatic amines is 1. The molecule has 0 saturated carbocycles. The first kappa shape index (κ1) is 11.2. The maximum Gasteiger partial charge on any atom is 0.309 e. The quantitative estimate of drug-likeness (QED) is 0.740. The Morgan fingerprint density at radius 2 is 2.47 bits per heavy atom. The molecule has 0 bridgehead atoms. The fourth-order valence-electron chi connectivity index (χ4n) is 0.976. The van der Waals surface area contributed by atoms with Gasteiger partial charge in [-0.15, -0.1) is 0 Å². The molecule has 0 saturated heterocycles. The van der Waals surface area contributed by atoms with Crippen molar-refractivity contribution in [2.45, 2.75) is 13.3 Å². The Balaban J connectivity index is 2.56. The molecule has 5 nitrogen and oxygen atoms in total. The van der Waals surface area contributed by atoms with Crippen LogP contribution in [0.15, 0.2) is 23.4 Å². The molecule has 0 fully saturated rings. The van der Waals surface area contributed by atoms with Gasteiger partial charge >= 0.3 is 5.97 Å². The minimum atomic E-state index is -0.311. The number of nitrogens with zero attached hydrogens (tertiary/aromatic N) is 1. The highest BCUT2D eigenvalue weighted by Crippen LogP contribution is 1.94. The number of carbonyl (C=O) groups excluding carboxylic acids is 1. The Kier molecular flexibility index (Phi) is 4.28. The molecule has 1 heterocycles. The fraction of sp³-hybridized carbons (Fsp3) is 0.300. The number of H-pyrrole nitrogens is 1. The second-order valence-corrected chi connectivity index (χ2v) is 2.75. The number of carbonyl (C=O) groups is 1. The minimum absolute atomic E-state index is 0.155. The van der Waals surface area contributed by atoms with Crippen molar-refractivity contribution in [3.05, 3.63) is 34.5 Å². The summed E-state index contributed by atoms with van der Waals surface area (Å²) < 4.78 is 4.72. The van der Waals surface area contributed by atoms with Gasteiger partial charge in [-0.3, -0.25) is 9.59 Å². The molecule has 0 spiro atoms. The summed E-state index contributed by atoms with van der Waals surface area (Å²) in [6, 6.07) is 0. The average Bonchev–Trinajstić information content (AvgIpc) is 2.21. The topological polar surface area (TPSA) is 72.0 Å². The molecule has 1 aromatic rings. The van der Waals surface area contributed by atoms with Gasteiger partial charge in [0.1, 0.15) is 0 Å². The van der Waals surface area contributed by atoms with Crippen molar-refractivity contribution in [3.8, 4) is 0 Å². The lowest BCUT2D eigenvalue weighted by Gasteiger charge is -1.96. The number of ether oxygens (including phenoxy) is 1. The van der Waals surface area contributed by atoms with Crippen LogP contribution in [0.4, 0.5) is 0 Å². The van der Waals surface area contributed by atoms with E-state index in [9.17, 15) is 9.59 Å². The molecule has 0 aliphatic rings. The Bertz CT molecular complexity index is 409. The molecule has 0 atom stereocenters. The van der Waals surface area contributed by atoms with Crippen molar-refractivity contribution in [2.75, 3.05) is 6.61 Å². The molecule has 5 heteroatoms. The van der Waals surface area contributed by atoms with Gasteiger partial charge in [-0.2, -0.15) is 0 Å². The number of hydrogen-bond donors (Lipinski definition) is 1. The number of nitrogens with one attached hydrogen (secondary N) is 1. The Morgan fingerprint density at radius 1 is 1.67 bits per heavy atom. The van der Waals surface area contributed by atoms with Crippen LogP contribution >= 0.6 is 0 Å². The predicted octanol–water partition coefficient (Wildman–Crippen LogP) is 0.736. The SMILES string of the molecule is CCOC(=O)CC=Cc1cnc[nH]c1=O. The standard InChI is InChI=1S/C10H12N2O3/c1-2-15-9(13)5-3-4-8-6-11-7-12-10(8)14/h3-4,6-7H,2,5H2,1H3,(H,11,12,14). The van der Waals surface area contributed by atoms with Crippen molar-refractivity contribution < 1.29 is 9.53 Å². The van der Waals surface area contributed by atoms with E-state index in [1.807, 2.05) is 0 Å². The van der Waals surface area contributed by atoms with Gasteiger partial charge in [0.25, 0.3) is 5.56 Å². The minimum Gasteiger partial charge on any atom is -0.466 e. The van der Waals surface area contributed by atoms with E-state index >= 15 is 0 Å². The second kappa shape index (κ2) is 5.74. The Labute approximate surface area is 86.8 Å². The second-order valence-electron chi connectivity index (χ2n) is 2.75. The van der Waals surface area contributed by atoms with Crippen LogP contribution < -0.4 is 5.56 Å². The van der Waals surface area contributed by atoms with Gasteiger partial charge in [0.2, 0.25) is 0 Å². The summed E-state index contributed by atoms with van der Waals surface area (Å²) >= 11 is 0. The molecule has 0 aromatic carbocycles. The third kappa shape index (κ3) is 3.76. The van der Waals surface area contributed by atoms with Crippen LogP contribution in [0.25, 0.3) is 6.08 Å². The van der Waals surface area contributed by atoms with Crippen LogP contribution in [0, 0.1) is 0 Å². The molecule has 80 valence electrons. The van der Waals surface area contributed by atoms with Crippen molar-refractivity contribution in [2.24, 2.45) is 0 Å². The van der Waals surface area contributed by atoms with E-state index in [-0.39, 0.29) is 17.9 Å². The van der Waals surface area contributed by atoms with Crippen LogP contribution in [0.2, 0.25) is 0 Å². The zero-order valence-electron chi connectivity index (χ0n) is 8.40. The molecule has 0 amide bonds. The number of esters is 1. The molecule has 1 aromatic heterocycles. The van der Waals surface area contributed by atoms with E-state index in [4.69, 9.17) is 4.74 Å². The summed E-state index contributed by atoms with van der Waals surface area (Å²) in [6.07, 6.45) is 6.01. The summed E-state index contributed by atoms with van der Waals surface area (Å²) in [5.74, 6) is -0.311. The summed E-state index contributed by atoms with van der Waals surface area (Å²) in [5.41, 5.74) is 0.187. The molecular formula is C10H12N2O3. The van der Waals surface area contributed by atoms with Crippen molar-refractivity contribution in [1.29, 1.82) is 0 Å². The summed E-state index contributed by atoms with van der Waals surface area (Å²) in [7, 11) is 0. The summed E-state index contributed by atoms with van der Waals surface area (Å²) in [4.78, 5) is 28.3. The molecule has 0 aliphatic carbocycles. The molecule has 1 rings (SSSR count). The predicted molar refractivity (Wildman–Crippen MR) is 55.1 cm³/mol. The van der Waals surface area contributed by atoms with E-state index in [2.05, 4.69) is 9.97 Å². The monoisotopic (exact) mass is 208 g/mol. The average molecular weight is 208 g/mol. The lowest BCUT2D eigenvalue weighted by molar-refractivity contribution is -0.142. The van der Waals surface area contributed by atoms with Gasteiger partial charge in [-0.05, 0) is 6.92 Å². The van der Waals surface area contributed by atoms with E-state index in [0.29, 0.717) is 12.2 Å². The van der Waals surface area contributed by atoms with E-state index < -0.39 is 0 Å².